The van der Waals surface area contributed by atoms with Crippen LogP contribution >= 0.6 is 15.9 Å². The topological polar surface area (TPSA) is 26.0 Å². The third kappa shape index (κ3) is 4.04. The highest BCUT2D eigenvalue weighted by Gasteiger charge is 2.30. The summed E-state index contributed by atoms with van der Waals surface area (Å²) in [7, 11) is 0. The molecule has 1 nitrogen and oxygen atoms in total. The quantitative estimate of drug-likeness (QED) is 0.777. The Kier molecular flexibility index (Phi) is 4.68. The molecule has 0 fully saturated rings. The molecule has 112 valence electrons. The number of nitrogens with two attached hydrogens (primary N) is 1. The molecular weight excluding hydrogens is 350 g/mol. The first kappa shape index (κ1) is 16.0. The summed E-state index contributed by atoms with van der Waals surface area (Å²) in [4.78, 5) is 0. The Hall–Kier alpha value is -1.40. The molecule has 2 aromatic rings. The average molecular weight is 362 g/mol. The predicted molar refractivity (Wildman–Crippen MR) is 76.2 cm³/mol. The van der Waals surface area contributed by atoms with Gasteiger partial charge >= 0.3 is 6.18 Å². The molecule has 0 spiro atoms. The normalized spacial score (nSPS) is 13.2. The Bertz CT molecular complexity index is 640. The highest BCUT2D eigenvalue weighted by atomic mass is 79.9. The van der Waals surface area contributed by atoms with Gasteiger partial charge in [0, 0.05) is 10.5 Å². The van der Waals surface area contributed by atoms with Gasteiger partial charge in [-0.2, -0.15) is 13.2 Å². The van der Waals surface area contributed by atoms with Gasteiger partial charge in [0.2, 0.25) is 0 Å². The monoisotopic (exact) mass is 361 g/mol. The molecule has 0 radical (unpaired) electrons. The van der Waals surface area contributed by atoms with Crippen LogP contribution in [0.25, 0.3) is 0 Å². The average Bonchev–Trinajstić information content (AvgIpc) is 2.42. The van der Waals surface area contributed by atoms with E-state index in [0.29, 0.717) is 15.6 Å². The summed E-state index contributed by atoms with van der Waals surface area (Å²) in [6.45, 7) is 0. The molecule has 6 heteroatoms. The summed E-state index contributed by atoms with van der Waals surface area (Å²) in [6, 6.07) is 8.49. The van der Waals surface area contributed by atoms with Gasteiger partial charge in [0.1, 0.15) is 5.82 Å². The second-order valence-electron chi connectivity index (χ2n) is 4.67. The van der Waals surface area contributed by atoms with Gasteiger partial charge in [-0.05, 0) is 47.9 Å². The molecular formula is C15H12BrF4N. The van der Waals surface area contributed by atoms with E-state index < -0.39 is 23.6 Å². The minimum Gasteiger partial charge on any atom is -0.324 e. The summed E-state index contributed by atoms with van der Waals surface area (Å²) in [5, 5.41) is 0. The third-order valence-corrected chi connectivity index (χ3v) is 3.58. The second kappa shape index (κ2) is 6.15. The first-order valence-corrected chi connectivity index (χ1v) is 6.93. The van der Waals surface area contributed by atoms with Gasteiger partial charge in [-0.15, -0.1) is 0 Å². The summed E-state index contributed by atoms with van der Waals surface area (Å²) < 4.78 is 52.4. The summed E-state index contributed by atoms with van der Waals surface area (Å²) in [5.74, 6) is -0.430. The van der Waals surface area contributed by atoms with Crippen LogP contribution in [0.1, 0.15) is 22.7 Å². The molecule has 1 atom stereocenters. The van der Waals surface area contributed by atoms with Gasteiger partial charge in [0.15, 0.2) is 0 Å². The minimum absolute atomic E-state index is 0.118. The number of hydrogen-bond donors (Lipinski definition) is 1. The van der Waals surface area contributed by atoms with E-state index in [0.717, 1.165) is 12.1 Å². The largest absolute Gasteiger partial charge is 0.416 e. The van der Waals surface area contributed by atoms with E-state index >= 15 is 0 Å². The third-order valence-electron chi connectivity index (χ3n) is 3.09. The Morgan fingerprint density at radius 1 is 1.10 bits per heavy atom. The smallest absolute Gasteiger partial charge is 0.324 e. The van der Waals surface area contributed by atoms with Crippen molar-refractivity contribution in [1.29, 1.82) is 0 Å². The van der Waals surface area contributed by atoms with Crippen LogP contribution in [0, 0.1) is 5.82 Å². The van der Waals surface area contributed by atoms with Crippen LogP contribution in [0.4, 0.5) is 17.6 Å². The van der Waals surface area contributed by atoms with Crippen LogP contribution in [0.15, 0.2) is 46.9 Å². The lowest BCUT2D eigenvalue weighted by Crippen LogP contribution is -2.15. The molecule has 0 amide bonds. The van der Waals surface area contributed by atoms with Crippen LogP contribution in [0.3, 0.4) is 0 Å². The summed E-state index contributed by atoms with van der Waals surface area (Å²) in [6.07, 6.45) is -4.30. The van der Waals surface area contributed by atoms with E-state index in [1.54, 1.807) is 12.1 Å². The van der Waals surface area contributed by atoms with Crippen molar-refractivity contribution in [2.45, 2.75) is 18.6 Å². The van der Waals surface area contributed by atoms with E-state index in [1.165, 1.54) is 18.2 Å². The molecule has 0 saturated heterocycles. The molecule has 2 aromatic carbocycles. The lowest BCUT2D eigenvalue weighted by Gasteiger charge is -2.15. The first-order chi connectivity index (χ1) is 9.77. The predicted octanol–water partition coefficient (Wildman–Crippen LogP) is 4.85. The number of alkyl halides is 3. The van der Waals surface area contributed by atoms with Gasteiger partial charge in [0.05, 0.1) is 5.56 Å². The highest BCUT2D eigenvalue weighted by molar-refractivity contribution is 9.10. The van der Waals surface area contributed by atoms with Crippen LogP contribution in [-0.2, 0) is 12.6 Å². The van der Waals surface area contributed by atoms with Crippen molar-refractivity contribution in [2.24, 2.45) is 5.73 Å². The number of benzene rings is 2. The Balaban J connectivity index is 2.24. The van der Waals surface area contributed by atoms with E-state index in [1.807, 2.05) is 0 Å². The number of hydrogen-bond acceptors (Lipinski definition) is 1. The van der Waals surface area contributed by atoms with Gasteiger partial charge in [-0.3, -0.25) is 0 Å². The van der Waals surface area contributed by atoms with Crippen LogP contribution < -0.4 is 5.73 Å². The van der Waals surface area contributed by atoms with Crippen LogP contribution in [-0.4, -0.2) is 0 Å². The van der Waals surface area contributed by atoms with Crippen molar-refractivity contribution in [3.05, 3.63) is 69.4 Å². The SMILES string of the molecule is NC(Cc1cc(Br)ccc1F)c1cccc(C(F)(F)F)c1. The fraction of sp³-hybridized carbons (Fsp3) is 0.200. The maximum Gasteiger partial charge on any atom is 0.416 e. The van der Waals surface area contributed by atoms with Crippen molar-refractivity contribution >= 4 is 15.9 Å². The lowest BCUT2D eigenvalue weighted by molar-refractivity contribution is -0.137. The van der Waals surface area contributed by atoms with Gasteiger partial charge in [-0.1, -0.05) is 28.1 Å². The van der Waals surface area contributed by atoms with Crippen molar-refractivity contribution in [3.63, 3.8) is 0 Å². The summed E-state index contributed by atoms with van der Waals surface area (Å²) >= 11 is 3.22. The Morgan fingerprint density at radius 2 is 1.81 bits per heavy atom. The molecule has 0 aliphatic carbocycles. The first-order valence-electron chi connectivity index (χ1n) is 6.14. The van der Waals surface area contributed by atoms with Crippen LogP contribution in [0.2, 0.25) is 0 Å². The second-order valence-corrected chi connectivity index (χ2v) is 5.59. The molecule has 0 bridgehead atoms. The molecule has 1 unspecified atom stereocenters. The van der Waals surface area contributed by atoms with Crippen molar-refractivity contribution in [2.75, 3.05) is 0 Å². The lowest BCUT2D eigenvalue weighted by atomic mass is 9.98. The van der Waals surface area contributed by atoms with Crippen molar-refractivity contribution in [1.82, 2.24) is 0 Å². The molecule has 2 N–H and O–H groups in total. The molecule has 0 aromatic heterocycles. The van der Waals surface area contributed by atoms with Crippen molar-refractivity contribution < 1.29 is 17.6 Å². The molecule has 21 heavy (non-hydrogen) atoms. The van der Waals surface area contributed by atoms with Gasteiger partial charge in [-0.25, -0.2) is 4.39 Å². The standard InChI is InChI=1S/C15H12BrF4N/c16-12-4-5-13(17)10(7-12)8-14(21)9-2-1-3-11(6-9)15(18,19)20/h1-7,14H,8,21H2. The molecule has 0 aliphatic heterocycles. The maximum atomic E-state index is 13.7. The van der Waals surface area contributed by atoms with Crippen LogP contribution in [0.5, 0.6) is 0 Å². The number of halogens is 5. The zero-order chi connectivity index (χ0) is 15.6. The zero-order valence-corrected chi connectivity index (χ0v) is 12.4. The van der Waals surface area contributed by atoms with Gasteiger partial charge in [0.25, 0.3) is 0 Å². The van der Waals surface area contributed by atoms with E-state index in [2.05, 4.69) is 15.9 Å². The molecule has 2 rings (SSSR count). The van der Waals surface area contributed by atoms with Gasteiger partial charge < -0.3 is 5.73 Å². The van der Waals surface area contributed by atoms with E-state index in [-0.39, 0.29) is 6.42 Å². The molecule has 0 heterocycles. The zero-order valence-electron chi connectivity index (χ0n) is 10.8. The minimum atomic E-state index is -4.42. The summed E-state index contributed by atoms with van der Waals surface area (Å²) in [5.41, 5.74) is 5.83. The fourth-order valence-corrected chi connectivity index (χ4v) is 2.41. The molecule has 0 aliphatic rings. The molecule has 0 saturated carbocycles. The maximum absolute atomic E-state index is 13.7. The van der Waals surface area contributed by atoms with Crippen molar-refractivity contribution in [3.8, 4) is 0 Å². The highest BCUT2D eigenvalue weighted by Crippen LogP contribution is 2.31. The Morgan fingerprint density at radius 3 is 2.48 bits per heavy atom. The fourth-order valence-electron chi connectivity index (χ4n) is 2.00. The number of rotatable bonds is 3. The Labute approximate surface area is 127 Å². The van der Waals surface area contributed by atoms with E-state index in [4.69, 9.17) is 5.73 Å². The van der Waals surface area contributed by atoms with E-state index in [9.17, 15) is 17.6 Å².